The molecule has 0 unspecified atom stereocenters. The first-order chi connectivity index (χ1) is 5.88. The second-order valence-electron chi connectivity index (χ2n) is 2.65. The summed E-state index contributed by atoms with van der Waals surface area (Å²) < 4.78 is 48.5. The van der Waals surface area contributed by atoms with Crippen molar-refractivity contribution in [1.29, 1.82) is 0 Å². The largest absolute Gasteiger partial charge is 0.482 e. The lowest BCUT2D eigenvalue weighted by molar-refractivity contribution is 0.464. The Morgan fingerprint density at radius 2 is 1.85 bits per heavy atom. The van der Waals surface area contributed by atoms with Gasteiger partial charge in [0.15, 0.2) is 0 Å². The van der Waals surface area contributed by atoms with Gasteiger partial charge in [-0.15, -0.1) is 0 Å². The number of rotatable bonds is 2. The molecule has 0 heterocycles. The van der Waals surface area contributed by atoms with Crippen LogP contribution in [0.3, 0.4) is 0 Å². The van der Waals surface area contributed by atoms with Gasteiger partial charge in [-0.2, -0.15) is 0 Å². The third-order valence-corrected chi connectivity index (χ3v) is 1.69. The summed E-state index contributed by atoms with van der Waals surface area (Å²) in [4.78, 5) is 0. The van der Waals surface area contributed by atoms with Crippen LogP contribution in [0.1, 0.15) is 5.56 Å². The van der Waals surface area contributed by atoms with Crippen LogP contribution in [0, 0.1) is 5.82 Å². The Morgan fingerprint density at radius 3 is 2.38 bits per heavy atom. The van der Waals surface area contributed by atoms with Crippen LogP contribution in [0.5, 0.6) is 0 Å². The van der Waals surface area contributed by atoms with Gasteiger partial charge in [-0.25, -0.2) is 4.39 Å². The van der Waals surface area contributed by atoms with E-state index >= 15 is 0 Å². The second kappa shape index (κ2) is 3.58. The Hall–Kier alpha value is -0.705. The maximum atomic E-state index is 12.8. The van der Waals surface area contributed by atoms with Crippen LogP contribution >= 0.6 is 11.6 Å². The van der Waals surface area contributed by atoms with E-state index in [1.807, 2.05) is 0 Å². The molecule has 0 amide bonds. The number of halogens is 5. The van der Waals surface area contributed by atoms with Crippen molar-refractivity contribution in [2.75, 3.05) is 0 Å². The van der Waals surface area contributed by atoms with Crippen LogP contribution < -0.4 is 0 Å². The fraction of sp³-hybridized carbons (Fsp3) is 0.143. The maximum Gasteiger partial charge on any atom is 0.482 e. The monoisotopic (exact) mass is 211 g/mol. The average molecular weight is 211 g/mol. The van der Waals surface area contributed by atoms with Gasteiger partial charge < -0.3 is 12.9 Å². The lowest BCUT2D eigenvalue weighted by Gasteiger charge is -2.13. The standard InChI is InChI=1S/C7H5BClF4/c9-6-1-2-7(10)5(3-6)4-8(11,12)13/h1-3H,4H2/q-1. The summed E-state index contributed by atoms with van der Waals surface area (Å²) in [6.45, 7) is -5.01. The maximum absolute atomic E-state index is 12.8. The normalized spacial score (nSPS) is 11.8. The summed E-state index contributed by atoms with van der Waals surface area (Å²) in [5, 5.41) is 0.108. The molecule has 0 saturated carbocycles. The molecule has 6 heteroatoms. The minimum atomic E-state index is -5.01. The van der Waals surface area contributed by atoms with Crippen molar-refractivity contribution < 1.29 is 17.3 Å². The fourth-order valence-corrected chi connectivity index (χ4v) is 1.14. The molecule has 0 aliphatic rings. The molecule has 0 N–H and O–H groups in total. The lowest BCUT2D eigenvalue weighted by atomic mass is 9.82. The molecule has 1 rings (SSSR count). The van der Waals surface area contributed by atoms with Gasteiger partial charge >= 0.3 is 6.98 Å². The Morgan fingerprint density at radius 1 is 1.23 bits per heavy atom. The highest BCUT2D eigenvalue weighted by Crippen LogP contribution is 2.21. The molecule has 0 spiro atoms. The molecule has 0 bridgehead atoms. The topological polar surface area (TPSA) is 0 Å². The molecular formula is C7H5BClF4-. The number of benzene rings is 1. The first-order valence-electron chi connectivity index (χ1n) is 3.53. The summed E-state index contributed by atoms with van der Waals surface area (Å²) in [5.74, 6) is -0.872. The van der Waals surface area contributed by atoms with E-state index in [4.69, 9.17) is 11.6 Å². The highest BCUT2D eigenvalue weighted by Gasteiger charge is 2.24. The average Bonchev–Trinajstić information content (AvgIpc) is 1.94. The van der Waals surface area contributed by atoms with E-state index in [9.17, 15) is 17.3 Å². The van der Waals surface area contributed by atoms with Crippen LogP contribution in [0.2, 0.25) is 5.02 Å². The summed E-state index contributed by atoms with van der Waals surface area (Å²) >= 11 is 5.42. The molecule has 0 aliphatic carbocycles. The zero-order valence-corrected chi connectivity index (χ0v) is 7.16. The third kappa shape index (κ3) is 3.26. The predicted octanol–water partition coefficient (Wildman–Crippen LogP) is 3.41. The molecule has 0 radical (unpaired) electrons. The first kappa shape index (κ1) is 10.4. The van der Waals surface area contributed by atoms with E-state index in [-0.39, 0.29) is 5.02 Å². The Bertz CT molecular complexity index is 310. The molecule has 0 nitrogen and oxygen atoms in total. The molecule has 0 atom stereocenters. The smallest absolute Gasteiger partial charge is 0.449 e. The number of hydrogen-bond acceptors (Lipinski definition) is 0. The van der Waals surface area contributed by atoms with Crippen LogP contribution in [0.15, 0.2) is 18.2 Å². The first-order valence-corrected chi connectivity index (χ1v) is 3.91. The van der Waals surface area contributed by atoms with Crippen molar-refractivity contribution in [3.05, 3.63) is 34.6 Å². The summed E-state index contributed by atoms with van der Waals surface area (Å²) in [7, 11) is 0. The minimum Gasteiger partial charge on any atom is -0.449 e. The summed E-state index contributed by atoms with van der Waals surface area (Å²) in [6, 6.07) is 3.13. The second-order valence-corrected chi connectivity index (χ2v) is 3.09. The quantitative estimate of drug-likeness (QED) is 0.519. The van der Waals surface area contributed by atoms with Gasteiger partial charge in [0.1, 0.15) is 5.82 Å². The molecular weight excluding hydrogens is 206 g/mol. The van der Waals surface area contributed by atoms with Gasteiger partial charge in [-0.05, 0) is 23.8 Å². The SMILES string of the molecule is Fc1ccc(Cl)cc1C[B-](F)(F)F. The Kier molecular flexibility index (Phi) is 2.85. The zero-order valence-electron chi connectivity index (χ0n) is 6.41. The summed E-state index contributed by atoms with van der Waals surface area (Å²) in [6.07, 6.45) is -1.23. The van der Waals surface area contributed by atoms with Crippen molar-refractivity contribution in [2.45, 2.75) is 6.32 Å². The van der Waals surface area contributed by atoms with Gasteiger partial charge in [-0.1, -0.05) is 17.9 Å². The van der Waals surface area contributed by atoms with E-state index in [0.29, 0.717) is 0 Å². The van der Waals surface area contributed by atoms with Crippen molar-refractivity contribution in [1.82, 2.24) is 0 Å². The predicted molar refractivity (Wildman–Crippen MR) is 44.2 cm³/mol. The van der Waals surface area contributed by atoms with Crippen molar-refractivity contribution in [3.63, 3.8) is 0 Å². The van der Waals surface area contributed by atoms with Crippen molar-refractivity contribution >= 4 is 18.6 Å². The Balaban J connectivity index is 2.94. The van der Waals surface area contributed by atoms with Crippen molar-refractivity contribution in [2.24, 2.45) is 0 Å². The molecule has 1 aromatic carbocycles. The molecule has 0 saturated heterocycles. The van der Waals surface area contributed by atoms with Crippen LogP contribution in [-0.2, 0) is 6.32 Å². The molecule has 13 heavy (non-hydrogen) atoms. The van der Waals surface area contributed by atoms with E-state index < -0.39 is 24.7 Å². The molecule has 0 aromatic heterocycles. The number of hydrogen-bond donors (Lipinski definition) is 0. The molecule has 1 aromatic rings. The zero-order chi connectivity index (χ0) is 10.1. The summed E-state index contributed by atoms with van der Waals surface area (Å²) in [5.41, 5.74) is -0.403. The van der Waals surface area contributed by atoms with Crippen LogP contribution in [0.25, 0.3) is 0 Å². The lowest BCUT2D eigenvalue weighted by Crippen LogP contribution is -2.20. The van der Waals surface area contributed by atoms with Gasteiger partial charge in [0.25, 0.3) is 0 Å². The molecule has 0 aliphatic heterocycles. The van der Waals surface area contributed by atoms with Crippen LogP contribution in [-0.4, -0.2) is 6.98 Å². The van der Waals surface area contributed by atoms with Gasteiger partial charge in [-0.3, -0.25) is 0 Å². The molecule has 0 fully saturated rings. The third-order valence-electron chi connectivity index (χ3n) is 1.46. The van der Waals surface area contributed by atoms with E-state index in [2.05, 4.69) is 0 Å². The highest BCUT2D eigenvalue weighted by molar-refractivity contribution is 6.57. The van der Waals surface area contributed by atoms with Gasteiger partial charge in [0.2, 0.25) is 0 Å². The van der Waals surface area contributed by atoms with Crippen molar-refractivity contribution in [3.8, 4) is 0 Å². The van der Waals surface area contributed by atoms with Gasteiger partial charge in [0, 0.05) is 5.02 Å². The van der Waals surface area contributed by atoms with Crippen LogP contribution in [0.4, 0.5) is 17.3 Å². The molecule has 72 valence electrons. The van der Waals surface area contributed by atoms with E-state index in [1.165, 1.54) is 6.07 Å². The van der Waals surface area contributed by atoms with Gasteiger partial charge in [0.05, 0.1) is 0 Å². The minimum absolute atomic E-state index is 0.108. The fourth-order valence-electron chi connectivity index (χ4n) is 0.949. The Labute approximate surface area is 77.6 Å². The van der Waals surface area contributed by atoms with E-state index in [1.54, 1.807) is 0 Å². The van der Waals surface area contributed by atoms with E-state index in [0.717, 1.165) is 12.1 Å². The highest BCUT2D eigenvalue weighted by atomic mass is 35.5.